The van der Waals surface area contributed by atoms with Crippen LogP contribution in [0.3, 0.4) is 0 Å². The number of hydrogen-bond acceptors (Lipinski definition) is 8. The summed E-state index contributed by atoms with van der Waals surface area (Å²) in [5, 5.41) is 10.8. The molecule has 2 heterocycles. The van der Waals surface area contributed by atoms with Gasteiger partial charge in [-0.25, -0.2) is 21.8 Å². The number of sulfonamides is 1. The molecule has 13 heteroatoms. The van der Waals surface area contributed by atoms with Crippen LogP contribution < -0.4 is 5.32 Å². The first-order chi connectivity index (χ1) is 17.6. The van der Waals surface area contributed by atoms with Gasteiger partial charge in [0.25, 0.3) is 0 Å². The van der Waals surface area contributed by atoms with Crippen LogP contribution in [-0.4, -0.2) is 55.4 Å². The predicted octanol–water partition coefficient (Wildman–Crippen LogP) is 2.77. The number of nitrogens with zero attached hydrogens (tertiary/aromatic N) is 3. The molecule has 1 saturated carbocycles. The minimum absolute atomic E-state index is 0.00854. The van der Waals surface area contributed by atoms with Gasteiger partial charge in [-0.05, 0) is 55.7 Å². The van der Waals surface area contributed by atoms with Crippen molar-refractivity contribution in [3.8, 4) is 17.4 Å². The summed E-state index contributed by atoms with van der Waals surface area (Å²) in [5.74, 6) is -0.266. The van der Waals surface area contributed by atoms with E-state index in [1.165, 1.54) is 55.1 Å². The number of rotatable bonds is 7. The van der Waals surface area contributed by atoms with Crippen molar-refractivity contribution in [2.75, 3.05) is 6.54 Å². The van der Waals surface area contributed by atoms with E-state index in [4.69, 9.17) is 16.0 Å². The molecule has 1 aliphatic heterocycles. The van der Waals surface area contributed by atoms with E-state index in [1.807, 2.05) is 6.07 Å². The fourth-order valence-corrected chi connectivity index (χ4v) is 8.30. The smallest absolute Gasteiger partial charge is 0.243 e. The highest BCUT2D eigenvalue weighted by atomic mass is 35.5. The van der Waals surface area contributed by atoms with Crippen molar-refractivity contribution in [2.24, 2.45) is 0 Å². The standard InChI is InChI=1S/C24H21ClN4O6S2/c25-19-3-1-2-4-22(19)36(31,32)18-11-20(23(30)28-24(14-26)9-10-24)29(13-18)37(33,34)17-7-5-16(6-8-17)21-12-27-15-35-21/h1-8,12,15,18,20H,9-11,13H2,(H,28,30)/t18-,20+/m1/s1. The third kappa shape index (κ3) is 4.64. The van der Waals surface area contributed by atoms with Crippen molar-refractivity contribution in [3.05, 3.63) is 66.1 Å². The maximum absolute atomic E-state index is 13.7. The van der Waals surface area contributed by atoms with Gasteiger partial charge >= 0.3 is 0 Å². The largest absolute Gasteiger partial charge is 0.444 e. The van der Waals surface area contributed by atoms with Crippen molar-refractivity contribution in [1.29, 1.82) is 5.26 Å². The Bertz CT molecular complexity index is 1600. The minimum atomic E-state index is -4.30. The quantitative estimate of drug-likeness (QED) is 0.463. The van der Waals surface area contributed by atoms with Crippen molar-refractivity contribution in [1.82, 2.24) is 14.6 Å². The Labute approximate surface area is 218 Å². The molecular weight excluding hydrogens is 540 g/mol. The Kier molecular flexibility index (Phi) is 6.35. The number of nitrogens with one attached hydrogen (secondary N) is 1. The number of sulfone groups is 1. The van der Waals surface area contributed by atoms with Crippen LogP contribution in [0, 0.1) is 11.3 Å². The van der Waals surface area contributed by atoms with Crippen LogP contribution in [0.15, 0.2) is 75.3 Å². The molecule has 0 spiro atoms. The predicted molar refractivity (Wildman–Crippen MR) is 132 cm³/mol. The Hall–Kier alpha value is -3.24. The summed E-state index contributed by atoms with van der Waals surface area (Å²) in [4.78, 5) is 16.8. The molecule has 2 fully saturated rings. The molecule has 1 N–H and O–H groups in total. The van der Waals surface area contributed by atoms with Gasteiger partial charge in [-0.3, -0.25) is 4.79 Å². The topological polar surface area (TPSA) is 150 Å². The number of hydrogen-bond donors (Lipinski definition) is 1. The second-order valence-electron chi connectivity index (χ2n) is 9.00. The fourth-order valence-electron chi connectivity index (χ4n) is 4.35. The second kappa shape index (κ2) is 9.25. The second-order valence-corrected chi connectivity index (χ2v) is 13.5. The SMILES string of the molecule is N#CC1(NC(=O)[C@@H]2C[C@@H](S(=O)(=O)c3ccccc3Cl)CN2S(=O)(=O)c2ccc(-c3cnco3)cc2)CC1. The number of nitriles is 1. The summed E-state index contributed by atoms with van der Waals surface area (Å²) in [5.41, 5.74) is -0.457. The molecule has 0 radical (unpaired) electrons. The zero-order chi connectivity index (χ0) is 26.4. The van der Waals surface area contributed by atoms with Crippen LogP contribution in [-0.2, 0) is 24.7 Å². The summed E-state index contributed by atoms with van der Waals surface area (Å²) in [6, 6.07) is 12.4. The van der Waals surface area contributed by atoms with Crippen LogP contribution in [0.25, 0.3) is 11.3 Å². The van der Waals surface area contributed by atoms with Gasteiger partial charge in [0.1, 0.15) is 11.6 Å². The van der Waals surface area contributed by atoms with E-state index in [2.05, 4.69) is 10.3 Å². The molecule has 1 aliphatic carbocycles. The zero-order valence-electron chi connectivity index (χ0n) is 19.2. The molecule has 2 aliphatic rings. The van der Waals surface area contributed by atoms with Gasteiger partial charge in [0.05, 0.1) is 32.3 Å². The number of halogens is 1. The van der Waals surface area contributed by atoms with Crippen molar-refractivity contribution >= 4 is 37.4 Å². The molecule has 3 aromatic rings. The first-order valence-corrected chi connectivity index (χ1v) is 14.7. The van der Waals surface area contributed by atoms with E-state index in [0.717, 1.165) is 4.31 Å². The third-order valence-electron chi connectivity index (χ3n) is 6.61. The molecule has 10 nitrogen and oxygen atoms in total. The summed E-state index contributed by atoms with van der Waals surface area (Å²) in [7, 11) is -8.38. The van der Waals surface area contributed by atoms with E-state index >= 15 is 0 Å². The van der Waals surface area contributed by atoms with Gasteiger partial charge < -0.3 is 9.73 Å². The van der Waals surface area contributed by atoms with Crippen LogP contribution in [0.2, 0.25) is 5.02 Å². The Morgan fingerprint density at radius 3 is 2.43 bits per heavy atom. The summed E-state index contributed by atoms with van der Waals surface area (Å²) >= 11 is 6.14. The highest BCUT2D eigenvalue weighted by molar-refractivity contribution is 7.92. The van der Waals surface area contributed by atoms with Crippen LogP contribution in [0.5, 0.6) is 0 Å². The molecule has 2 aromatic carbocycles. The molecule has 2 atom stereocenters. The summed E-state index contributed by atoms with van der Waals surface area (Å²) in [6.07, 6.45) is 3.34. The average Bonchev–Trinajstić information content (AvgIpc) is 3.27. The first-order valence-electron chi connectivity index (χ1n) is 11.3. The first kappa shape index (κ1) is 25.4. The lowest BCUT2D eigenvalue weighted by atomic mass is 10.2. The summed E-state index contributed by atoms with van der Waals surface area (Å²) < 4.78 is 60.4. The number of amides is 1. The number of carbonyl (C=O) groups excluding carboxylic acids is 1. The zero-order valence-corrected chi connectivity index (χ0v) is 21.6. The van der Waals surface area contributed by atoms with Gasteiger partial charge in [0.15, 0.2) is 22.0 Å². The number of oxazole rings is 1. The van der Waals surface area contributed by atoms with Gasteiger partial charge in [0.2, 0.25) is 15.9 Å². The van der Waals surface area contributed by atoms with E-state index in [-0.39, 0.29) is 21.2 Å². The van der Waals surface area contributed by atoms with Gasteiger partial charge in [-0.1, -0.05) is 23.7 Å². The Morgan fingerprint density at radius 1 is 1.14 bits per heavy atom. The Morgan fingerprint density at radius 2 is 1.84 bits per heavy atom. The average molecular weight is 561 g/mol. The van der Waals surface area contributed by atoms with E-state index in [9.17, 15) is 26.9 Å². The molecule has 0 bridgehead atoms. The van der Waals surface area contributed by atoms with Crippen molar-refractivity contribution in [2.45, 2.75) is 45.9 Å². The number of benzene rings is 2. The lowest BCUT2D eigenvalue weighted by Crippen LogP contribution is -2.49. The third-order valence-corrected chi connectivity index (χ3v) is 11.1. The maximum atomic E-state index is 13.7. The molecule has 1 amide bonds. The normalized spacial score (nSPS) is 21.3. The van der Waals surface area contributed by atoms with E-state index in [0.29, 0.717) is 24.2 Å². The monoisotopic (exact) mass is 560 g/mol. The number of aromatic nitrogens is 1. The lowest BCUT2D eigenvalue weighted by Gasteiger charge is -2.24. The van der Waals surface area contributed by atoms with Crippen molar-refractivity contribution in [3.63, 3.8) is 0 Å². The minimum Gasteiger partial charge on any atom is -0.444 e. The molecule has 1 saturated heterocycles. The van der Waals surface area contributed by atoms with Gasteiger partial charge in [-0.2, -0.15) is 9.57 Å². The van der Waals surface area contributed by atoms with Crippen LogP contribution in [0.1, 0.15) is 19.3 Å². The number of carbonyl (C=O) groups is 1. The highest BCUT2D eigenvalue weighted by Gasteiger charge is 2.52. The fraction of sp³-hybridized carbons (Fsp3) is 0.292. The maximum Gasteiger partial charge on any atom is 0.243 e. The molecule has 192 valence electrons. The summed E-state index contributed by atoms with van der Waals surface area (Å²) in [6.45, 7) is -0.447. The molecule has 5 rings (SSSR count). The molecule has 1 aromatic heterocycles. The van der Waals surface area contributed by atoms with Crippen LogP contribution >= 0.6 is 11.6 Å². The Balaban J connectivity index is 1.50. The van der Waals surface area contributed by atoms with E-state index in [1.54, 1.807) is 6.07 Å². The van der Waals surface area contributed by atoms with Gasteiger partial charge in [-0.15, -0.1) is 0 Å². The van der Waals surface area contributed by atoms with Crippen molar-refractivity contribution < 1.29 is 26.0 Å². The van der Waals surface area contributed by atoms with Crippen LogP contribution in [0.4, 0.5) is 0 Å². The molecule has 37 heavy (non-hydrogen) atoms. The van der Waals surface area contributed by atoms with Gasteiger partial charge in [0, 0.05) is 12.1 Å². The molecular formula is C24H21ClN4O6S2. The highest BCUT2D eigenvalue weighted by Crippen LogP contribution is 2.38. The lowest BCUT2D eigenvalue weighted by molar-refractivity contribution is -0.124. The van der Waals surface area contributed by atoms with E-state index < -0.39 is 49.1 Å². The molecule has 0 unspecified atom stereocenters.